The first-order valence-corrected chi connectivity index (χ1v) is 3.90. The van der Waals surface area contributed by atoms with E-state index in [2.05, 4.69) is 4.98 Å². The van der Waals surface area contributed by atoms with Gasteiger partial charge in [0.05, 0.1) is 0 Å². The van der Waals surface area contributed by atoms with Crippen LogP contribution in [-0.4, -0.2) is 10.1 Å². The Morgan fingerprint density at radius 3 is 2.82 bits per heavy atom. The fourth-order valence-corrected chi connectivity index (χ4v) is 1.32. The maximum atomic E-state index is 8.99. The van der Waals surface area contributed by atoms with Gasteiger partial charge in [-0.2, -0.15) is 0 Å². The molecule has 0 radical (unpaired) electrons. The molecule has 4 N–H and O–H groups in total. The van der Waals surface area contributed by atoms with Crippen LogP contribution in [-0.2, 0) is 0 Å². The first-order chi connectivity index (χ1) is 5.27. The van der Waals surface area contributed by atoms with Crippen molar-refractivity contribution >= 4 is 0 Å². The average molecular weight is 152 g/mol. The van der Waals surface area contributed by atoms with Crippen LogP contribution in [0.3, 0.4) is 0 Å². The molecule has 3 nitrogen and oxygen atoms in total. The zero-order chi connectivity index (χ0) is 7.84. The molecule has 1 heterocycles. The molecule has 1 aromatic heterocycles. The van der Waals surface area contributed by atoms with Gasteiger partial charge < -0.3 is 15.8 Å². The summed E-state index contributed by atoms with van der Waals surface area (Å²) in [6, 6.07) is 1.82. The van der Waals surface area contributed by atoms with E-state index in [4.69, 9.17) is 10.8 Å². The Morgan fingerprint density at radius 2 is 2.36 bits per heavy atom. The maximum absolute atomic E-state index is 8.99. The van der Waals surface area contributed by atoms with Crippen molar-refractivity contribution in [2.24, 2.45) is 11.7 Å². The Labute approximate surface area is 65.2 Å². The van der Waals surface area contributed by atoms with E-state index >= 15 is 0 Å². The lowest BCUT2D eigenvalue weighted by atomic mass is 10.1. The molecule has 2 rings (SSSR count). The highest BCUT2D eigenvalue weighted by molar-refractivity contribution is 5.24. The van der Waals surface area contributed by atoms with E-state index in [9.17, 15) is 0 Å². The van der Waals surface area contributed by atoms with Crippen LogP contribution in [0, 0.1) is 5.92 Å². The average Bonchev–Trinajstić information content (AvgIpc) is 2.74. The highest BCUT2D eigenvalue weighted by atomic mass is 16.3. The lowest BCUT2D eigenvalue weighted by molar-refractivity contribution is 0.456. The number of nitrogens with two attached hydrogens (primary N) is 1. The van der Waals surface area contributed by atoms with Crippen molar-refractivity contribution < 1.29 is 5.11 Å². The van der Waals surface area contributed by atoms with Crippen LogP contribution in [0.15, 0.2) is 12.3 Å². The molecular formula is C8H12N2O. The molecule has 11 heavy (non-hydrogen) atoms. The molecule has 1 aliphatic rings. The fraction of sp³-hybridized carbons (Fsp3) is 0.500. The molecule has 0 saturated heterocycles. The molecule has 1 aromatic rings. The molecule has 0 spiro atoms. The third-order valence-electron chi connectivity index (χ3n) is 2.20. The van der Waals surface area contributed by atoms with Crippen LogP contribution in [0.25, 0.3) is 0 Å². The normalized spacial score (nSPS) is 20.1. The first-order valence-electron chi connectivity index (χ1n) is 3.90. The third kappa shape index (κ3) is 1.24. The van der Waals surface area contributed by atoms with E-state index < -0.39 is 0 Å². The van der Waals surface area contributed by atoms with Gasteiger partial charge in [-0.25, -0.2) is 0 Å². The molecule has 60 valence electrons. The van der Waals surface area contributed by atoms with Gasteiger partial charge in [0.25, 0.3) is 0 Å². The van der Waals surface area contributed by atoms with Crippen molar-refractivity contribution in [1.82, 2.24) is 4.98 Å². The van der Waals surface area contributed by atoms with Crippen molar-refractivity contribution in [2.75, 3.05) is 0 Å². The predicted octanol–water partition coefficient (Wildman–Crippen LogP) is 1.13. The summed E-state index contributed by atoms with van der Waals surface area (Å²) in [5.41, 5.74) is 6.90. The molecule has 0 amide bonds. The number of rotatable bonds is 2. The highest BCUT2D eigenvalue weighted by Gasteiger charge is 2.29. The minimum atomic E-state index is 0.118. The molecule has 1 saturated carbocycles. The topological polar surface area (TPSA) is 62.0 Å². The van der Waals surface area contributed by atoms with E-state index in [0.29, 0.717) is 5.92 Å². The largest absolute Gasteiger partial charge is 0.495 e. The molecule has 0 aliphatic heterocycles. The highest BCUT2D eigenvalue weighted by Crippen LogP contribution is 2.39. The quantitative estimate of drug-likeness (QED) is 0.594. The number of hydrogen-bond acceptors (Lipinski definition) is 2. The third-order valence-corrected chi connectivity index (χ3v) is 2.20. The summed E-state index contributed by atoms with van der Waals surface area (Å²) < 4.78 is 0. The van der Waals surface area contributed by atoms with E-state index in [1.807, 2.05) is 0 Å². The first kappa shape index (κ1) is 6.73. The number of H-pyrrole nitrogens is 1. The van der Waals surface area contributed by atoms with Crippen molar-refractivity contribution in [1.29, 1.82) is 0 Å². The second-order valence-corrected chi connectivity index (χ2v) is 3.18. The van der Waals surface area contributed by atoms with Gasteiger partial charge in [0.15, 0.2) is 5.88 Å². The SMILES string of the molecule is NC(c1c[nH]c(O)c1)C1CC1. The van der Waals surface area contributed by atoms with E-state index in [-0.39, 0.29) is 11.9 Å². The second-order valence-electron chi connectivity index (χ2n) is 3.18. The summed E-state index contributed by atoms with van der Waals surface area (Å²) >= 11 is 0. The van der Waals surface area contributed by atoms with Crippen molar-refractivity contribution in [3.05, 3.63) is 17.8 Å². The number of aromatic amines is 1. The van der Waals surface area contributed by atoms with Crippen LogP contribution in [0.1, 0.15) is 24.4 Å². The smallest absolute Gasteiger partial charge is 0.188 e. The van der Waals surface area contributed by atoms with Crippen LogP contribution in [0.5, 0.6) is 5.88 Å². The number of nitrogens with one attached hydrogen (secondary N) is 1. The molecule has 1 aliphatic carbocycles. The van der Waals surface area contributed by atoms with Gasteiger partial charge in [-0.05, 0) is 24.3 Å². The summed E-state index contributed by atoms with van der Waals surface area (Å²) in [5, 5.41) is 8.99. The van der Waals surface area contributed by atoms with Gasteiger partial charge in [-0.1, -0.05) is 0 Å². The van der Waals surface area contributed by atoms with E-state index in [0.717, 1.165) is 5.56 Å². The molecule has 0 bridgehead atoms. The minimum Gasteiger partial charge on any atom is -0.495 e. The minimum absolute atomic E-state index is 0.118. The maximum Gasteiger partial charge on any atom is 0.188 e. The van der Waals surface area contributed by atoms with Gasteiger partial charge in [-0.3, -0.25) is 0 Å². The van der Waals surface area contributed by atoms with Gasteiger partial charge in [-0.15, -0.1) is 0 Å². The van der Waals surface area contributed by atoms with Crippen LogP contribution in [0.4, 0.5) is 0 Å². The Kier molecular flexibility index (Phi) is 1.39. The molecule has 3 heteroatoms. The van der Waals surface area contributed by atoms with Gasteiger partial charge in [0.2, 0.25) is 0 Å². The zero-order valence-corrected chi connectivity index (χ0v) is 6.25. The Morgan fingerprint density at radius 1 is 1.64 bits per heavy atom. The molecular weight excluding hydrogens is 140 g/mol. The summed E-state index contributed by atoms with van der Waals surface area (Å²) in [4.78, 5) is 2.71. The van der Waals surface area contributed by atoms with Crippen molar-refractivity contribution in [2.45, 2.75) is 18.9 Å². The second kappa shape index (κ2) is 2.27. The monoisotopic (exact) mass is 152 g/mol. The molecule has 1 fully saturated rings. The fourth-order valence-electron chi connectivity index (χ4n) is 1.32. The summed E-state index contributed by atoms with van der Waals surface area (Å²) in [6.07, 6.45) is 4.23. The Hall–Kier alpha value is -0.960. The van der Waals surface area contributed by atoms with Gasteiger partial charge >= 0.3 is 0 Å². The summed E-state index contributed by atoms with van der Waals surface area (Å²) in [5.74, 6) is 0.848. The Bertz CT molecular complexity index is 252. The van der Waals surface area contributed by atoms with Gasteiger partial charge in [0, 0.05) is 18.3 Å². The van der Waals surface area contributed by atoms with Crippen LogP contribution >= 0.6 is 0 Å². The van der Waals surface area contributed by atoms with Crippen LogP contribution < -0.4 is 5.73 Å². The van der Waals surface area contributed by atoms with Crippen molar-refractivity contribution in [3.63, 3.8) is 0 Å². The number of aromatic hydroxyl groups is 1. The summed E-state index contributed by atoms with van der Waals surface area (Å²) in [6.45, 7) is 0. The molecule has 0 aromatic carbocycles. The lowest BCUT2D eigenvalue weighted by Crippen LogP contribution is -2.10. The van der Waals surface area contributed by atoms with Gasteiger partial charge in [0.1, 0.15) is 0 Å². The lowest BCUT2D eigenvalue weighted by Gasteiger charge is -2.05. The predicted molar refractivity (Wildman–Crippen MR) is 42.1 cm³/mol. The molecule has 1 unspecified atom stereocenters. The molecule has 1 atom stereocenters. The summed E-state index contributed by atoms with van der Waals surface area (Å²) in [7, 11) is 0. The standard InChI is InChI=1S/C8H12N2O/c9-8(5-1-2-5)6-3-7(11)10-4-6/h3-5,8,10-11H,1-2,9H2. The van der Waals surface area contributed by atoms with E-state index in [1.165, 1.54) is 12.8 Å². The number of aromatic nitrogens is 1. The Balaban J connectivity index is 2.14. The van der Waals surface area contributed by atoms with E-state index in [1.54, 1.807) is 12.3 Å². The van der Waals surface area contributed by atoms with Crippen molar-refractivity contribution in [3.8, 4) is 5.88 Å². The zero-order valence-electron chi connectivity index (χ0n) is 6.25. The van der Waals surface area contributed by atoms with Crippen LogP contribution in [0.2, 0.25) is 0 Å². The number of hydrogen-bond donors (Lipinski definition) is 3.